The van der Waals surface area contributed by atoms with Crippen LogP contribution in [0.3, 0.4) is 0 Å². The number of rotatable bonds is 5. The molecule has 25 heavy (non-hydrogen) atoms. The van der Waals surface area contributed by atoms with Crippen LogP contribution in [-0.4, -0.2) is 33.9 Å². The molecule has 0 unspecified atom stereocenters. The fourth-order valence-electron chi connectivity index (χ4n) is 2.58. The van der Waals surface area contributed by atoms with Crippen molar-refractivity contribution in [2.24, 2.45) is 0 Å². The first-order valence-electron chi connectivity index (χ1n) is 8.50. The van der Waals surface area contributed by atoms with E-state index in [4.69, 9.17) is 9.37 Å². The molecule has 0 saturated heterocycles. The number of nitrogens with zero attached hydrogens (tertiary/aromatic N) is 5. The van der Waals surface area contributed by atoms with Gasteiger partial charge in [-0.3, -0.25) is 0 Å². The second kappa shape index (κ2) is 8.11. The van der Waals surface area contributed by atoms with Gasteiger partial charge in [0.25, 0.3) is 0 Å². The number of hydrogen-bond donors (Lipinski definition) is 0. The Bertz CT molecular complexity index is 824. The number of anilines is 1. The molecule has 0 saturated carbocycles. The number of methoxy groups -OCH3 is 1. The van der Waals surface area contributed by atoms with Crippen LogP contribution in [0.25, 0.3) is 5.65 Å². The van der Waals surface area contributed by atoms with Gasteiger partial charge in [-0.2, -0.15) is 0 Å². The zero-order valence-corrected chi connectivity index (χ0v) is 16.1. The van der Waals surface area contributed by atoms with Gasteiger partial charge in [0.1, 0.15) is 17.0 Å². The van der Waals surface area contributed by atoms with E-state index < -0.39 is 0 Å². The predicted molar refractivity (Wildman–Crippen MR) is 97.8 cm³/mol. The van der Waals surface area contributed by atoms with Gasteiger partial charge in [0, 0.05) is 32.1 Å². The molecule has 7 nitrogen and oxygen atoms in total. The minimum Gasteiger partial charge on any atom is -0.377 e. The summed E-state index contributed by atoms with van der Waals surface area (Å²) in [5.41, 5.74) is 5.65. The molecule has 7 heteroatoms. The quantitative estimate of drug-likeness (QED) is 0.702. The van der Waals surface area contributed by atoms with Crippen LogP contribution in [0.5, 0.6) is 0 Å². The highest BCUT2D eigenvalue weighted by molar-refractivity contribution is 5.59. The van der Waals surface area contributed by atoms with Crippen LogP contribution in [0.15, 0.2) is 23.1 Å². The first kappa shape index (κ1) is 18.9. The van der Waals surface area contributed by atoms with Gasteiger partial charge in [0.05, 0.1) is 24.0 Å². The Balaban J connectivity index is 0.00000109. The second-order valence-electron chi connectivity index (χ2n) is 5.80. The van der Waals surface area contributed by atoms with Crippen LogP contribution in [0, 0.1) is 13.8 Å². The van der Waals surface area contributed by atoms with Gasteiger partial charge in [-0.05, 0) is 26.8 Å². The van der Waals surface area contributed by atoms with Crippen molar-refractivity contribution in [2.45, 2.75) is 47.3 Å². The zero-order valence-electron chi connectivity index (χ0n) is 16.1. The summed E-state index contributed by atoms with van der Waals surface area (Å²) < 4.78 is 12.3. The van der Waals surface area contributed by atoms with Crippen LogP contribution < -0.4 is 4.90 Å². The van der Waals surface area contributed by atoms with Gasteiger partial charge in [-0.1, -0.05) is 24.2 Å². The third-order valence-electron chi connectivity index (χ3n) is 4.05. The lowest BCUT2D eigenvalue weighted by molar-refractivity contribution is 0.120. The molecule has 136 valence electrons. The molecule has 0 aromatic carbocycles. The molecule has 3 rings (SSSR count). The highest BCUT2D eigenvalue weighted by Gasteiger charge is 2.16. The summed E-state index contributed by atoms with van der Waals surface area (Å²) in [7, 11) is 3.72. The van der Waals surface area contributed by atoms with E-state index in [0.717, 1.165) is 34.0 Å². The summed E-state index contributed by atoms with van der Waals surface area (Å²) in [6.45, 7) is 10.5. The third-order valence-corrected chi connectivity index (χ3v) is 4.05. The highest BCUT2D eigenvalue weighted by Crippen LogP contribution is 2.27. The molecule has 0 bridgehead atoms. The molecule has 3 aromatic rings. The molecule has 1 atom stereocenters. The normalized spacial score (nSPS) is 12.0. The lowest BCUT2D eigenvalue weighted by Crippen LogP contribution is -2.18. The van der Waals surface area contributed by atoms with Crippen molar-refractivity contribution < 1.29 is 9.37 Å². The highest BCUT2D eigenvalue weighted by atomic mass is 16.6. The van der Waals surface area contributed by atoms with E-state index in [0.29, 0.717) is 6.54 Å². The third kappa shape index (κ3) is 3.99. The summed E-state index contributed by atoms with van der Waals surface area (Å²) in [6, 6.07) is 2.11. The molecule has 3 aromatic heterocycles. The maximum absolute atomic E-state index is 5.50. The average Bonchev–Trinajstić information content (AvgIpc) is 3.19. The topological polar surface area (TPSA) is 68.7 Å². The Hall–Kier alpha value is -2.41. The van der Waals surface area contributed by atoms with Crippen LogP contribution in [0.4, 0.5) is 5.69 Å². The van der Waals surface area contributed by atoms with Crippen molar-refractivity contribution in [3.63, 3.8) is 0 Å². The minimum absolute atomic E-state index is 0.0388. The average molecular weight is 345 g/mol. The largest absolute Gasteiger partial charge is 0.377 e. The smallest absolute Gasteiger partial charge is 0.142 e. The molecule has 0 spiro atoms. The molecular formula is C18H27N5O2. The standard InChI is InChI=1S/C16H21N5O2.C2H6/c1-10-7-21-8-13(6-14(12(3)22-5)16(21)17-10)20(4)9-15-11(2)18-23-19-15;1-2/h6-8,12H,9H2,1-5H3;1-2H3/t12-;/m1./s1. The van der Waals surface area contributed by atoms with Crippen LogP contribution >= 0.6 is 0 Å². The molecule has 0 amide bonds. The van der Waals surface area contributed by atoms with Gasteiger partial charge >= 0.3 is 0 Å². The lowest BCUT2D eigenvalue weighted by Gasteiger charge is -2.21. The lowest BCUT2D eigenvalue weighted by atomic mass is 10.1. The first-order valence-corrected chi connectivity index (χ1v) is 8.50. The summed E-state index contributed by atoms with van der Waals surface area (Å²) in [4.78, 5) is 6.70. The molecule has 0 aliphatic heterocycles. The van der Waals surface area contributed by atoms with E-state index in [1.807, 2.05) is 52.3 Å². The van der Waals surface area contributed by atoms with Crippen LogP contribution in [0.2, 0.25) is 0 Å². The van der Waals surface area contributed by atoms with Crippen molar-refractivity contribution in [1.82, 2.24) is 19.7 Å². The van der Waals surface area contributed by atoms with E-state index in [1.165, 1.54) is 0 Å². The summed E-state index contributed by atoms with van der Waals surface area (Å²) in [6.07, 6.45) is 4.04. The zero-order chi connectivity index (χ0) is 18.6. The molecule has 3 heterocycles. The van der Waals surface area contributed by atoms with E-state index >= 15 is 0 Å². The van der Waals surface area contributed by atoms with Gasteiger partial charge in [-0.25, -0.2) is 9.61 Å². The van der Waals surface area contributed by atoms with Gasteiger partial charge in [0.2, 0.25) is 0 Å². The van der Waals surface area contributed by atoms with Crippen molar-refractivity contribution in [3.8, 4) is 0 Å². The van der Waals surface area contributed by atoms with Crippen LogP contribution in [-0.2, 0) is 11.3 Å². The predicted octanol–water partition coefficient (Wildman–Crippen LogP) is 3.70. The SMILES string of the molecule is CC.CO[C@H](C)c1cc(N(C)Cc2nonc2C)cn2cc(C)nc12. The number of aromatic nitrogens is 4. The monoisotopic (exact) mass is 345 g/mol. The Labute approximate surface area is 148 Å². The van der Waals surface area contributed by atoms with E-state index in [1.54, 1.807) is 7.11 Å². The number of pyridine rings is 1. The van der Waals surface area contributed by atoms with Crippen molar-refractivity contribution in [3.05, 3.63) is 41.1 Å². The number of ether oxygens (including phenoxy) is 1. The fourth-order valence-corrected chi connectivity index (χ4v) is 2.58. The Morgan fingerprint density at radius 2 is 1.96 bits per heavy atom. The fraction of sp³-hybridized carbons (Fsp3) is 0.500. The number of fused-ring (bicyclic) bond motifs is 1. The maximum atomic E-state index is 5.50. The number of imidazole rings is 1. The molecule has 0 radical (unpaired) electrons. The minimum atomic E-state index is -0.0388. The molecule has 0 aliphatic carbocycles. The number of aryl methyl sites for hydroxylation is 2. The molecule has 0 N–H and O–H groups in total. The van der Waals surface area contributed by atoms with Crippen molar-refractivity contribution in [1.29, 1.82) is 0 Å². The van der Waals surface area contributed by atoms with Gasteiger partial charge < -0.3 is 14.0 Å². The summed E-state index contributed by atoms with van der Waals surface area (Å²) in [5.74, 6) is 0. The molecular weight excluding hydrogens is 318 g/mol. The summed E-state index contributed by atoms with van der Waals surface area (Å²) >= 11 is 0. The maximum Gasteiger partial charge on any atom is 0.142 e. The van der Waals surface area contributed by atoms with E-state index in [9.17, 15) is 0 Å². The molecule has 0 fully saturated rings. The summed E-state index contributed by atoms with van der Waals surface area (Å²) in [5, 5.41) is 7.78. The van der Waals surface area contributed by atoms with E-state index in [-0.39, 0.29) is 6.10 Å². The molecule has 0 aliphatic rings. The van der Waals surface area contributed by atoms with Gasteiger partial charge in [0.15, 0.2) is 0 Å². The first-order chi connectivity index (χ1) is 12.0. The van der Waals surface area contributed by atoms with Crippen molar-refractivity contribution >= 4 is 11.3 Å². The van der Waals surface area contributed by atoms with Gasteiger partial charge in [-0.15, -0.1) is 0 Å². The van der Waals surface area contributed by atoms with Crippen molar-refractivity contribution in [2.75, 3.05) is 19.1 Å². The Morgan fingerprint density at radius 1 is 1.24 bits per heavy atom. The van der Waals surface area contributed by atoms with E-state index in [2.05, 4.69) is 32.5 Å². The Kier molecular flexibility index (Phi) is 6.14. The Morgan fingerprint density at radius 3 is 2.56 bits per heavy atom. The van der Waals surface area contributed by atoms with Crippen LogP contribution in [0.1, 0.15) is 49.5 Å². The second-order valence-corrected chi connectivity index (χ2v) is 5.80. The number of hydrogen-bond acceptors (Lipinski definition) is 6.